The van der Waals surface area contributed by atoms with Crippen molar-refractivity contribution in [1.29, 1.82) is 0 Å². The van der Waals surface area contributed by atoms with Crippen molar-refractivity contribution in [3.05, 3.63) is 98.9 Å². The van der Waals surface area contributed by atoms with Crippen LogP contribution in [0.4, 0.5) is 31.8 Å². The maximum absolute atomic E-state index is 15.2. The van der Waals surface area contributed by atoms with Gasteiger partial charge < -0.3 is 29.3 Å². The second kappa shape index (κ2) is 21.4. The quantitative estimate of drug-likeness (QED) is 0.0812. The molecule has 2 amide bonds. The number of ether oxygens (including phenoxy) is 1. The number of piperidine rings is 3. The minimum atomic E-state index is -2.68. The molecule has 13 nitrogen and oxygen atoms in total. The summed E-state index contributed by atoms with van der Waals surface area (Å²) >= 11 is 3.69. The van der Waals surface area contributed by atoms with Crippen LogP contribution in [0.2, 0.25) is 0 Å². The van der Waals surface area contributed by atoms with Crippen LogP contribution >= 0.6 is 23.1 Å². The molecule has 4 saturated heterocycles. The van der Waals surface area contributed by atoms with Crippen LogP contribution in [0.5, 0.6) is 5.75 Å². The molecule has 4 aliphatic rings. The fourth-order valence-corrected chi connectivity index (χ4v) is 13.1. The Morgan fingerprint density at radius 3 is 2.26 bits per heavy atom. The van der Waals surface area contributed by atoms with Gasteiger partial charge in [-0.2, -0.15) is 0 Å². The number of carbonyl (C=O) groups is 2. The van der Waals surface area contributed by atoms with E-state index in [1.54, 1.807) is 13.3 Å². The van der Waals surface area contributed by atoms with E-state index < -0.39 is 36.5 Å². The van der Waals surface area contributed by atoms with Gasteiger partial charge in [0.25, 0.3) is 0 Å². The van der Waals surface area contributed by atoms with Crippen LogP contribution in [-0.2, 0) is 27.0 Å². The van der Waals surface area contributed by atoms with Gasteiger partial charge in [0.2, 0.25) is 17.8 Å². The van der Waals surface area contributed by atoms with Crippen LogP contribution in [0.15, 0.2) is 59.3 Å². The predicted molar refractivity (Wildman–Crippen MR) is 278 cm³/mol. The second-order valence-electron chi connectivity index (χ2n) is 20.0. The maximum atomic E-state index is 15.2. The largest absolute Gasteiger partial charge is 0.494 e. The SMILES string of the molecule is CCc1cc(Nc2ncc(Br)c(Cc3ccc4ncc(C)cc4c3P(C)(C)=O)n2)c(OC)cc1N1CCC(N2CCN(CCC3CCN(c4cc(F)c(C5CCC(=O)NC5=O)c(F)c4)CC3)CC2)CC1. The second-order valence-corrected chi connectivity index (χ2v) is 24.0. The van der Waals surface area contributed by atoms with Gasteiger partial charge in [-0.25, -0.2) is 18.7 Å². The number of hydrogen-bond acceptors (Lipinski definition) is 12. The van der Waals surface area contributed by atoms with Gasteiger partial charge >= 0.3 is 0 Å². The predicted octanol–water partition coefficient (Wildman–Crippen LogP) is 8.94. The Kier molecular flexibility index (Phi) is 15.2. The molecule has 0 aliphatic carbocycles. The first kappa shape index (κ1) is 49.9. The highest BCUT2D eigenvalue weighted by molar-refractivity contribution is 9.10. The summed E-state index contributed by atoms with van der Waals surface area (Å²) in [5, 5.41) is 7.44. The smallest absolute Gasteiger partial charge is 0.234 e. The van der Waals surface area contributed by atoms with Crippen molar-refractivity contribution >= 4 is 74.1 Å². The van der Waals surface area contributed by atoms with E-state index in [1.807, 2.05) is 43.5 Å². The first-order valence-electron chi connectivity index (χ1n) is 24.9. The third-order valence-electron chi connectivity index (χ3n) is 15.0. The molecule has 0 bridgehead atoms. The van der Waals surface area contributed by atoms with E-state index in [1.165, 1.54) is 23.4 Å². The van der Waals surface area contributed by atoms with Crippen molar-refractivity contribution in [2.75, 3.05) is 94.5 Å². The highest BCUT2D eigenvalue weighted by Gasteiger charge is 2.34. The minimum absolute atomic E-state index is 0.0721. The van der Waals surface area contributed by atoms with E-state index in [0.29, 0.717) is 30.0 Å². The third kappa shape index (κ3) is 11.0. The number of benzene rings is 3. The molecule has 1 atom stereocenters. The van der Waals surface area contributed by atoms with Gasteiger partial charge in [0.05, 0.1) is 34.4 Å². The summed E-state index contributed by atoms with van der Waals surface area (Å²) in [5.41, 5.74) is 7.10. The molecule has 9 rings (SSSR count). The lowest BCUT2D eigenvalue weighted by atomic mass is 9.89. The summed E-state index contributed by atoms with van der Waals surface area (Å²) in [6.07, 6.45) is 10.4. The van der Waals surface area contributed by atoms with E-state index in [0.717, 1.165) is 146 Å². The topological polar surface area (TPSA) is 136 Å². The Morgan fingerprint density at radius 1 is 0.871 bits per heavy atom. The number of aryl methyl sites for hydroxylation is 2. The minimum Gasteiger partial charge on any atom is -0.494 e. The van der Waals surface area contributed by atoms with Crippen LogP contribution in [-0.4, -0.2) is 122 Å². The molecular formula is C53H65BrF2N9O4P. The van der Waals surface area contributed by atoms with Crippen LogP contribution in [0, 0.1) is 24.5 Å². The zero-order valence-electron chi connectivity index (χ0n) is 41.0. The highest BCUT2D eigenvalue weighted by Crippen LogP contribution is 2.41. The van der Waals surface area contributed by atoms with E-state index in [4.69, 9.17) is 9.72 Å². The number of fused-ring (bicyclic) bond motifs is 1. The number of nitrogens with zero attached hydrogens (tertiary/aromatic N) is 7. The normalized spacial score (nSPS) is 19.2. The Balaban J connectivity index is 0.754. The molecule has 5 aromatic rings. The lowest BCUT2D eigenvalue weighted by Crippen LogP contribution is -2.53. The molecule has 0 spiro atoms. The first-order valence-corrected chi connectivity index (χ1v) is 28.3. The molecule has 2 aromatic heterocycles. The molecule has 0 saturated carbocycles. The highest BCUT2D eigenvalue weighted by atomic mass is 79.9. The molecule has 2 N–H and O–H groups in total. The number of imide groups is 1. The molecule has 17 heteroatoms. The molecule has 4 fully saturated rings. The number of amides is 2. The van der Waals surface area contributed by atoms with Crippen LogP contribution < -0.4 is 30.5 Å². The third-order valence-corrected chi connectivity index (χ3v) is 17.3. The molecule has 0 radical (unpaired) electrons. The standard InChI is InChI=1S/C53H65BrF2N9O4P/c1-6-35-26-46(60-53-58-32-41(54)45(59-53)27-36-7-9-44-40(25-33(2)31-57-44)51(36)70(4,5)68)48(69-3)30-47(35)65-19-14-37(15-20-65)64-23-21-62(22-24-64)16-11-34-12-17-63(18-13-34)38-28-42(55)50(43(56)29-38)39-8-10-49(66)61-52(39)67/h7,9,25-26,28-32,34,37,39H,6,8,10-24,27H2,1-5H3,(H,58,59,60)(H,61,66,67). The van der Waals surface area contributed by atoms with Crippen molar-refractivity contribution in [2.45, 2.75) is 83.6 Å². The number of rotatable bonds is 14. The number of anilines is 4. The van der Waals surface area contributed by atoms with Gasteiger partial charge in [-0.05, 0) is 141 Å². The van der Waals surface area contributed by atoms with Gasteiger partial charge in [-0.1, -0.05) is 13.0 Å². The number of piperazine rings is 1. The van der Waals surface area contributed by atoms with Crippen molar-refractivity contribution < 1.29 is 27.7 Å². The van der Waals surface area contributed by atoms with Gasteiger partial charge in [0, 0.05) is 117 Å². The van der Waals surface area contributed by atoms with Gasteiger partial charge in [0.1, 0.15) is 24.5 Å². The lowest BCUT2D eigenvalue weighted by molar-refractivity contribution is -0.134. The number of aromatic nitrogens is 3. The summed E-state index contributed by atoms with van der Waals surface area (Å²) in [5.74, 6) is -1.74. The fraction of sp³-hybridized carbons (Fsp3) is 0.491. The van der Waals surface area contributed by atoms with E-state index >= 15 is 8.78 Å². The summed E-state index contributed by atoms with van der Waals surface area (Å²) in [6.45, 7) is 16.6. The van der Waals surface area contributed by atoms with Gasteiger partial charge in [-0.3, -0.25) is 24.8 Å². The van der Waals surface area contributed by atoms with Gasteiger partial charge in [-0.15, -0.1) is 0 Å². The average Bonchev–Trinajstić information content (AvgIpc) is 3.34. The number of nitrogens with one attached hydrogen (secondary N) is 2. The molecule has 372 valence electrons. The summed E-state index contributed by atoms with van der Waals surface area (Å²) < 4.78 is 51.0. The zero-order chi connectivity index (χ0) is 49.3. The number of pyridine rings is 1. The average molecular weight is 1040 g/mol. The Labute approximate surface area is 418 Å². The zero-order valence-corrected chi connectivity index (χ0v) is 43.5. The van der Waals surface area contributed by atoms with E-state index in [2.05, 4.69) is 76.4 Å². The van der Waals surface area contributed by atoms with E-state index in [-0.39, 0.29) is 18.4 Å². The fourth-order valence-electron chi connectivity index (χ4n) is 11.2. The molecule has 3 aromatic carbocycles. The Morgan fingerprint density at radius 2 is 1.59 bits per heavy atom. The summed E-state index contributed by atoms with van der Waals surface area (Å²) in [4.78, 5) is 47.9. The number of halogens is 3. The van der Waals surface area contributed by atoms with Crippen LogP contribution in [0.1, 0.15) is 85.7 Å². The number of hydrogen-bond donors (Lipinski definition) is 2. The summed E-state index contributed by atoms with van der Waals surface area (Å²) in [6, 6.07) is 13.7. The molecule has 4 aliphatic heterocycles. The van der Waals surface area contributed by atoms with E-state index in [9.17, 15) is 14.2 Å². The van der Waals surface area contributed by atoms with Crippen molar-refractivity contribution in [1.82, 2.24) is 30.1 Å². The monoisotopic (exact) mass is 1040 g/mol. The van der Waals surface area contributed by atoms with Crippen LogP contribution in [0.3, 0.4) is 0 Å². The maximum Gasteiger partial charge on any atom is 0.234 e. The van der Waals surface area contributed by atoms with Crippen molar-refractivity contribution in [3.63, 3.8) is 0 Å². The molecule has 6 heterocycles. The van der Waals surface area contributed by atoms with Crippen molar-refractivity contribution in [3.8, 4) is 5.75 Å². The molecule has 1 unspecified atom stereocenters. The number of methoxy groups -OCH3 is 1. The molecular weight excluding hydrogens is 976 g/mol. The lowest BCUT2D eigenvalue weighted by Gasteiger charge is -2.44. The van der Waals surface area contributed by atoms with Crippen LogP contribution in [0.25, 0.3) is 10.9 Å². The molecule has 70 heavy (non-hydrogen) atoms. The first-order chi connectivity index (χ1) is 33.6. The number of carbonyl (C=O) groups excluding carboxylic acids is 2. The Bertz CT molecular complexity index is 2780. The van der Waals surface area contributed by atoms with Gasteiger partial charge in [0.15, 0.2) is 0 Å². The summed E-state index contributed by atoms with van der Waals surface area (Å²) in [7, 11) is -0.975. The Hall–Kier alpha value is -5.02. The van der Waals surface area contributed by atoms with Crippen molar-refractivity contribution in [2.24, 2.45) is 5.92 Å².